The van der Waals surface area contributed by atoms with E-state index < -0.39 is 6.10 Å². The topological polar surface area (TPSA) is 78.3 Å². The highest BCUT2D eigenvalue weighted by Gasteiger charge is 2.21. The fraction of sp³-hybridized carbons (Fsp3) is 0.192. The van der Waals surface area contributed by atoms with Crippen LogP contribution in [-0.4, -0.2) is 33.5 Å². The smallest absolute Gasteiger partial charge is 0.230 e. The highest BCUT2D eigenvalue weighted by Crippen LogP contribution is 2.28. The molecule has 4 aromatic rings. The van der Waals surface area contributed by atoms with Gasteiger partial charge in [0.05, 0.1) is 12.9 Å². The van der Waals surface area contributed by atoms with Crippen molar-refractivity contribution in [1.29, 1.82) is 0 Å². The van der Waals surface area contributed by atoms with Crippen LogP contribution in [0.4, 0.5) is 4.39 Å². The average molecular weight is 493 g/mol. The van der Waals surface area contributed by atoms with E-state index >= 15 is 0 Å². The lowest BCUT2D eigenvalue weighted by Gasteiger charge is -2.17. The zero-order chi connectivity index (χ0) is 24.6. The Morgan fingerprint density at radius 1 is 1.00 bits per heavy atom. The number of ether oxygens (including phenoxy) is 2. The lowest BCUT2D eigenvalue weighted by atomic mass is 10.2. The van der Waals surface area contributed by atoms with E-state index in [2.05, 4.69) is 15.5 Å². The van der Waals surface area contributed by atoms with Crippen LogP contribution in [0.2, 0.25) is 0 Å². The number of carbonyl (C=O) groups excluding carboxylic acids is 1. The van der Waals surface area contributed by atoms with E-state index in [0.717, 1.165) is 17.0 Å². The second-order valence-electron chi connectivity index (χ2n) is 7.64. The maximum absolute atomic E-state index is 13.1. The Kier molecular flexibility index (Phi) is 7.99. The van der Waals surface area contributed by atoms with Crippen LogP contribution < -0.4 is 14.8 Å². The van der Waals surface area contributed by atoms with Crippen molar-refractivity contribution in [2.24, 2.45) is 0 Å². The molecule has 0 aliphatic carbocycles. The van der Waals surface area contributed by atoms with Crippen LogP contribution in [0.3, 0.4) is 0 Å². The minimum Gasteiger partial charge on any atom is -0.497 e. The van der Waals surface area contributed by atoms with Crippen molar-refractivity contribution in [2.45, 2.75) is 24.7 Å². The molecular weight excluding hydrogens is 467 g/mol. The van der Waals surface area contributed by atoms with Gasteiger partial charge in [-0.25, -0.2) is 4.39 Å². The third kappa shape index (κ3) is 6.39. The molecule has 0 radical (unpaired) electrons. The van der Waals surface area contributed by atoms with E-state index in [1.54, 1.807) is 19.2 Å². The van der Waals surface area contributed by atoms with Gasteiger partial charge in [0.1, 0.15) is 17.3 Å². The molecule has 0 aliphatic rings. The van der Waals surface area contributed by atoms with Gasteiger partial charge in [-0.3, -0.25) is 9.36 Å². The van der Waals surface area contributed by atoms with Crippen molar-refractivity contribution in [1.82, 2.24) is 20.1 Å². The predicted molar refractivity (Wildman–Crippen MR) is 132 cm³/mol. The number of aromatic nitrogens is 3. The van der Waals surface area contributed by atoms with Crippen LogP contribution >= 0.6 is 11.8 Å². The van der Waals surface area contributed by atoms with E-state index in [9.17, 15) is 9.18 Å². The largest absolute Gasteiger partial charge is 0.497 e. The van der Waals surface area contributed by atoms with Gasteiger partial charge in [0.15, 0.2) is 17.1 Å². The van der Waals surface area contributed by atoms with Crippen molar-refractivity contribution in [3.63, 3.8) is 0 Å². The Bertz CT molecular complexity index is 1250. The Hall–Kier alpha value is -3.85. The number of hydrogen-bond acceptors (Lipinski definition) is 6. The summed E-state index contributed by atoms with van der Waals surface area (Å²) in [5, 5.41) is 12.1. The minimum absolute atomic E-state index is 0.153. The van der Waals surface area contributed by atoms with Crippen LogP contribution in [0.25, 0.3) is 5.69 Å². The first-order valence-corrected chi connectivity index (χ1v) is 12.0. The van der Waals surface area contributed by atoms with Gasteiger partial charge in [0.2, 0.25) is 5.91 Å². The van der Waals surface area contributed by atoms with E-state index in [1.807, 2.05) is 66.1 Å². The van der Waals surface area contributed by atoms with Gasteiger partial charge in [-0.1, -0.05) is 42.1 Å². The number of nitrogens with zero attached hydrogens (tertiary/aromatic N) is 3. The van der Waals surface area contributed by atoms with Gasteiger partial charge >= 0.3 is 0 Å². The summed E-state index contributed by atoms with van der Waals surface area (Å²) in [6.07, 6.45) is -0.405. The molecule has 0 saturated carbocycles. The Morgan fingerprint density at radius 2 is 1.69 bits per heavy atom. The quantitative estimate of drug-likeness (QED) is 0.315. The highest BCUT2D eigenvalue weighted by molar-refractivity contribution is 7.99. The van der Waals surface area contributed by atoms with Crippen LogP contribution in [0.1, 0.15) is 24.4 Å². The summed E-state index contributed by atoms with van der Waals surface area (Å²) in [6.45, 7) is 2.22. The molecule has 0 spiro atoms. The second-order valence-corrected chi connectivity index (χ2v) is 8.58. The van der Waals surface area contributed by atoms with E-state index in [1.165, 1.54) is 23.9 Å². The molecule has 1 amide bonds. The van der Waals surface area contributed by atoms with Crippen LogP contribution in [-0.2, 0) is 11.3 Å². The number of thioether (sulfide) groups is 1. The van der Waals surface area contributed by atoms with Gasteiger partial charge in [0.25, 0.3) is 0 Å². The molecule has 1 N–H and O–H groups in total. The van der Waals surface area contributed by atoms with Crippen molar-refractivity contribution < 1.29 is 18.7 Å². The van der Waals surface area contributed by atoms with Crippen LogP contribution in [0.5, 0.6) is 11.5 Å². The molecule has 3 aromatic carbocycles. The van der Waals surface area contributed by atoms with Gasteiger partial charge in [-0.2, -0.15) is 0 Å². The molecule has 1 heterocycles. The zero-order valence-corrected chi connectivity index (χ0v) is 20.2. The van der Waals surface area contributed by atoms with Gasteiger partial charge < -0.3 is 14.8 Å². The number of methoxy groups -OCH3 is 1. The predicted octanol–water partition coefficient (Wildman–Crippen LogP) is 4.96. The summed E-state index contributed by atoms with van der Waals surface area (Å²) in [4.78, 5) is 12.4. The molecule has 0 fully saturated rings. The zero-order valence-electron chi connectivity index (χ0n) is 19.3. The van der Waals surface area contributed by atoms with E-state index in [4.69, 9.17) is 9.47 Å². The molecule has 1 aromatic heterocycles. The standard InChI is InChI=1S/C26H25FN4O3S/c1-18(34-23-14-12-22(33-2)13-15-23)25-29-30-26(31(25)21-6-4-3-5-7-21)35-17-24(32)28-16-19-8-10-20(27)11-9-19/h3-15,18H,16-17H2,1-2H3,(H,28,32). The summed E-state index contributed by atoms with van der Waals surface area (Å²) in [5.74, 6) is 1.72. The molecule has 1 atom stereocenters. The summed E-state index contributed by atoms with van der Waals surface area (Å²) < 4.78 is 26.3. The van der Waals surface area contributed by atoms with E-state index in [0.29, 0.717) is 23.3 Å². The van der Waals surface area contributed by atoms with Crippen LogP contribution in [0.15, 0.2) is 84.0 Å². The average Bonchev–Trinajstić information content (AvgIpc) is 3.32. The number of hydrogen-bond donors (Lipinski definition) is 1. The molecule has 4 rings (SSSR count). The highest BCUT2D eigenvalue weighted by atomic mass is 32.2. The van der Waals surface area contributed by atoms with Gasteiger partial charge in [0, 0.05) is 12.2 Å². The molecule has 180 valence electrons. The fourth-order valence-corrected chi connectivity index (χ4v) is 4.14. The Balaban J connectivity index is 1.46. The molecule has 9 heteroatoms. The van der Waals surface area contributed by atoms with Crippen molar-refractivity contribution in [3.8, 4) is 17.2 Å². The first-order chi connectivity index (χ1) is 17.0. The third-order valence-electron chi connectivity index (χ3n) is 5.14. The molecular formula is C26H25FN4O3S. The number of carbonyl (C=O) groups is 1. The van der Waals surface area contributed by atoms with Gasteiger partial charge in [-0.15, -0.1) is 10.2 Å². The van der Waals surface area contributed by atoms with Crippen molar-refractivity contribution >= 4 is 17.7 Å². The molecule has 0 bridgehead atoms. The number of amides is 1. The first-order valence-electron chi connectivity index (χ1n) is 11.0. The Morgan fingerprint density at radius 3 is 2.37 bits per heavy atom. The van der Waals surface area contributed by atoms with E-state index in [-0.39, 0.29) is 17.5 Å². The molecule has 35 heavy (non-hydrogen) atoms. The summed E-state index contributed by atoms with van der Waals surface area (Å²) in [6, 6.07) is 23.0. The Labute approximate surface area is 207 Å². The van der Waals surface area contributed by atoms with Crippen molar-refractivity contribution in [2.75, 3.05) is 12.9 Å². The van der Waals surface area contributed by atoms with Crippen molar-refractivity contribution in [3.05, 3.63) is 96.1 Å². The molecule has 0 saturated heterocycles. The summed E-state index contributed by atoms with van der Waals surface area (Å²) >= 11 is 1.28. The summed E-state index contributed by atoms with van der Waals surface area (Å²) in [5.41, 5.74) is 1.69. The molecule has 7 nitrogen and oxygen atoms in total. The first kappa shape index (κ1) is 24.3. The lowest BCUT2D eigenvalue weighted by molar-refractivity contribution is -0.118. The third-order valence-corrected chi connectivity index (χ3v) is 6.07. The number of para-hydroxylation sites is 1. The molecule has 1 unspecified atom stereocenters. The number of benzene rings is 3. The molecule has 0 aliphatic heterocycles. The maximum Gasteiger partial charge on any atom is 0.230 e. The summed E-state index contributed by atoms with van der Waals surface area (Å²) in [7, 11) is 1.61. The minimum atomic E-state index is -0.405. The monoisotopic (exact) mass is 492 g/mol. The lowest BCUT2D eigenvalue weighted by Crippen LogP contribution is -2.24. The normalized spacial score (nSPS) is 11.6. The van der Waals surface area contributed by atoms with Gasteiger partial charge in [-0.05, 0) is 61.0 Å². The second kappa shape index (κ2) is 11.5. The SMILES string of the molecule is COc1ccc(OC(C)c2nnc(SCC(=O)NCc3ccc(F)cc3)n2-c2ccccc2)cc1. The number of nitrogens with one attached hydrogen (secondary N) is 1. The fourth-order valence-electron chi connectivity index (χ4n) is 3.35. The number of halogens is 1. The maximum atomic E-state index is 13.1. The van der Waals surface area contributed by atoms with Crippen LogP contribution in [0, 0.1) is 5.82 Å². The number of rotatable bonds is 10.